The number of aromatic nitrogens is 3. The Balaban J connectivity index is 1.37. The molecule has 2 fully saturated rings. The highest BCUT2D eigenvalue weighted by Crippen LogP contribution is 2.32. The van der Waals surface area contributed by atoms with Gasteiger partial charge in [-0.3, -0.25) is 9.59 Å². The van der Waals surface area contributed by atoms with Crippen LogP contribution in [0.15, 0.2) is 61.1 Å². The Morgan fingerprint density at radius 3 is 2.70 bits per heavy atom. The van der Waals surface area contributed by atoms with Gasteiger partial charge in [0.2, 0.25) is 5.91 Å². The van der Waals surface area contributed by atoms with Gasteiger partial charge in [0.05, 0.1) is 17.6 Å². The van der Waals surface area contributed by atoms with Crippen LogP contribution in [0.3, 0.4) is 0 Å². The molecule has 2 amide bonds. The number of benzene rings is 1. The van der Waals surface area contributed by atoms with Gasteiger partial charge in [-0.2, -0.15) is 5.10 Å². The van der Waals surface area contributed by atoms with Crippen molar-refractivity contribution in [1.29, 1.82) is 0 Å². The van der Waals surface area contributed by atoms with E-state index < -0.39 is 0 Å². The molecule has 0 saturated carbocycles. The van der Waals surface area contributed by atoms with Crippen molar-refractivity contribution in [3.05, 3.63) is 78.0 Å². The Labute approximate surface area is 191 Å². The fraction of sp³-hybridized carbons (Fsp3) is 0.360. The van der Waals surface area contributed by atoms with E-state index in [2.05, 4.69) is 10.1 Å². The Hall–Kier alpha value is -3.55. The van der Waals surface area contributed by atoms with Gasteiger partial charge in [0, 0.05) is 43.7 Å². The summed E-state index contributed by atoms with van der Waals surface area (Å²) in [7, 11) is 0. The zero-order valence-corrected chi connectivity index (χ0v) is 18.3. The third kappa shape index (κ3) is 4.25. The quantitative estimate of drug-likeness (QED) is 0.613. The minimum Gasteiger partial charge on any atom is -0.333 e. The summed E-state index contributed by atoms with van der Waals surface area (Å²) in [6.07, 6.45) is 8.70. The van der Waals surface area contributed by atoms with Crippen molar-refractivity contribution in [2.24, 2.45) is 0 Å². The monoisotopic (exact) mass is 447 g/mol. The standard InChI is InChI=1S/C25H26FN5O2/c26-20-7-2-1-6-19(20)17-30-22-12-15-29(21(22)8-3-4-9-24(30)32)25(33)18-10-11-23(27-16-18)31-14-5-13-28-31/h1-2,5-7,10-11,13-14,16,21-22H,3-4,8-9,12,15,17H2/t21-,22+/m1/s1. The number of rotatable bonds is 4. The first kappa shape index (κ1) is 21.3. The van der Waals surface area contributed by atoms with Gasteiger partial charge >= 0.3 is 0 Å². The van der Waals surface area contributed by atoms with E-state index >= 15 is 0 Å². The highest BCUT2D eigenvalue weighted by molar-refractivity contribution is 5.94. The summed E-state index contributed by atoms with van der Waals surface area (Å²) in [5, 5.41) is 4.16. The molecule has 0 aliphatic carbocycles. The number of amides is 2. The molecule has 2 aliphatic rings. The normalized spacial score (nSPS) is 20.9. The SMILES string of the molecule is O=C(c1ccc(-n2cccn2)nc1)N1CC[C@H]2[C@H]1CCCCC(=O)N2Cc1ccccc1F. The lowest BCUT2D eigenvalue weighted by Gasteiger charge is -2.37. The molecule has 2 atom stereocenters. The number of pyridine rings is 1. The number of fused-ring (bicyclic) bond motifs is 1. The van der Waals surface area contributed by atoms with Crippen LogP contribution >= 0.6 is 0 Å². The maximum Gasteiger partial charge on any atom is 0.255 e. The van der Waals surface area contributed by atoms with Gasteiger partial charge < -0.3 is 9.80 Å². The average Bonchev–Trinajstić information content (AvgIpc) is 3.50. The molecule has 0 spiro atoms. The number of halogens is 1. The number of carbonyl (C=O) groups excluding carboxylic acids is 2. The van der Waals surface area contributed by atoms with Gasteiger partial charge in [0.25, 0.3) is 5.91 Å². The minimum absolute atomic E-state index is 0.0347. The van der Waals surface area contributed by atoms with E-state index in [1.54, 1.807) is 58.5 Å². The van der Waals surface area contributed by atoms with Crippen molar-refractivity contribution in [2.75, 3.05) is 6.54 Å². The zero-order valence-electron chi connectivity index (χ0n) is 18.3. The molecule has 0 bridgehead atoms. The van der Waals surface area contributed by atoms with Gasteiger partial charge in [0.15, 0.2) is 5.82 Å². The van der Waals surface area contributed by atoms with Crippen molar-refractivity contribution in [1.82, 2.24) is 24.6 Å². The Morgan fingerprint density at radius 1 is 1.06 bits per heavy atom. The van der Waals surface area contributed by atoms with Gasteiger partial charge in [-0.05, 0) is 43.5 Å². The van der Waals surface area contributed by atoms with E-state index in [0.29, 0.717) is 36.3 Å². The highest BCUT2D eigenvalue weighted by atomic mass is 19.1. The molecule has 33 heavy (non-hydrogen) atoms. The summed E-state index contributed by atoms with van der Waals surface area (Å²) < 4.78 is 16.0. The second-order valence-corrected chi connectivity index (χ2v) is 8.64. The molecule has 8 heteroatoms. The summed E-state index contributed by atoms with van der Waals surface area (Å²) in [4.78, 5) is 34.5. The first-order chi connectivity index (χ1) is 16.1. The number of nitrogens with zero attached hydrogens (tertiary/aromatic N) is 5. The predicted octanol–water partition coefficient (Wildman–Crippen LogP) is 3.59. The lowest BCUT2D eigenvalue weighted by atomic mass is 9.96. The summed E-state index contributed by atoms with van der Waals surface area (Å²) >= 11 is 0. The molecule has 170 valence electrons. The fourth-order valence-corrected chi connectivity index (χ4v) is 4.99. The second kappa shape index (κ2) is 9.13. The molecule has 1 aromatic carbocycles. The summed E-state index contributed by atoms with van der Waals surface area (Å²) in [6.45, 7) is 0.797. The van der Waals surface area contributed by atoms with Crippen LogP contribution in [0.2, 0.25) is 0 Å². The minimum atomic E-state index is -0.307. The number of carbonyl (C=O) groups is 2. The van der Waals surface area contributed by atoms with Crippen molar-refractivity contribution >= 4 is 11.8 Å². The first-order valence-electron chi connectivity index (χ1n) is 11.4. The number of hydrogen-bond acceptors (Lipinski definition) is 4. The van der Waals surface area contributed by atoms with Crippen LogP contribution in [-0.2, 0) is 11.3 Å². The van der Waals surface area contributed by atoms with Crippen LogP contribution in [-0.4, -0.2) is 55.0 Å². The van der Waals surface area contributed by atoms with E-state index in [1.165, 1.54) is 6.07 Å². The van der Waals surface area contributed by atoms with E-state index in [9.17, 15) is 14.0 Å². The molecule has 2 aromatic heterocycles. The van der Waals surface area contributed by atoms with Crippen LogP contribution in [0.4, 0.5) is 4.39 Å². The molecular weight excluding hydrogens is 421 g/mol. The van der Waals surface area contributed by atoms with E-state index in [0.717, 1.165) is 19.3 Å². The average molecular weight is 448 g/mol. The summed E-state index contributed by atoms with van der Waals surface area (Å²) in [5.41, 5.74) is 1.02. The lowest BCUT2D eigenvalue weighted by Crippen LogP contribution is -2.49. The fourth-order valence-electron chi connectivity index (χ4n) is 4.99. The molecular formula is C25H26FN5O2. The van der Waals surface area contributed by atoms with Gasteiger partial charge in [-0.25, -0.2) is 14.1 Å². The van der Waals surface area contributed by atoms with Crippen molar-refractivity contribution in [3.63, 3.8) is 0 Å². The molecule has 0 radical (unpaired) electrons. The Kier molecular flexibility index (Phi) is 5.90. The van der Waals surface area contributed by atoms with Crippen LogP contribution in [0, 0.1) is 5.82 Å². The van der Waals surface area contributed by atoms with Crippen molar-refractivity contribution in [3.8, 4) is 5.82 Å². The molecule has 7 nitrogen and oxygen atoms in total. The highest BCUT2D eigenvalue weighted by Gasteiger charge is 2.42. The lowest BCUT2D eigenvalue weighted by molar-refractivity contribution is -0.135. The molecule has 2 saturated heterocycles. The molecule has 5 rings (SSSR count). The molecule has 3 aromatic rings. The Morgan fingerprint density at radius 2 is 1.94 bits per heavy atom. The molecule has 4 heterocycles. The molecule has 0 N–H and O–H groups in total. The van der Waals surface area contributed by atoms with Crippen LogP contribution < -0.4 is 0 Å². The third-order valence-corrected chi connectivity index (χ3v) is 6.66. The maximum absolute atomic E-state index is 14.3. The predicted molar refractivity (Wildman–Crippen MR) is 120 cm³/mol. The zero-order chi connectivity index (χ0) is 22.8. The topological polar surface area (TPSA) is 71.3 Å². The smallest absolute Gasteiger partial charge is 0.255 e. The number of likely N-dealkylation sites (tertiary alicyclic amines) is 2. The van der Waals surface area contributed by atoms with Crippen molar-refractivity contribution in [2.45, 2.75) is 50.7 Å². The maximum atomic E-state index is 14.3. The van der Waals surface area contributed by atoms with Crippen molar-refractivity contribution < 1.29 is 14.0 Å². The van der Waals surface area contributed by atoms with E-state index in [1.807, 2.05) is 11.0 Å². The van der Waals surface area contributed by atoms with Gasteiger partial charge in [0.1, 0.15) is 5.82 Å². The molecule has 2 aliphatic heterocycles. The largest absolute Gasteiger partial charge is 0.333 e. The Bertz CT molecular complexity index is 1130. The summed E-state index contributed by atoms with van der Waals surface area (Å²) in [6, 6.07) is 11.7. The third-order valence-electron chi connectivity index (χ3n) is 6.66. The second-order valence-electron chi connectivity index (χ2n) is 8.64. The first-order valence-corrected chi connectivity index (χ1v) is 11.4. The van der Waals surface area contributed by atoms with Crippen LogP contribution in [0.25, 0.3) is 5.82 Å². The van der Waals surface area contributed by atoms with Crippen LogP contribution in [0.1, 0.15) is 48.0 Å². The van der Waals surface area contributed by atoms with Crippen LogP contribution in [0.5, 0.6) is 0 Å². The van der Waals surface area contributed by atoms with Gasteiger partial charge in [-0.15, -0.1) is 0 Å². The van der Waals surface area contributed by atoms with E-state index in [-0.39, 0.29) is 36.3 Å². The van der Waals surface area contributed by atoms with E-state index in [4.69, 9.17) is 0 Å². The summed E-state index contributed by atoms with van der Waals surface area (Å²) in [5.74, 6) is 0.287. The molecule has 0 unspecified atom stereocenters. The number of hydrogen-bond donors (Lipinski definition) is 0. The van der Waals surface area contributed by atoms with Gasteiger partial charge in [-0.1, -0.05) is 24.6 Å².